The average molecular weight is 726 g/mol. The molecule has 3 aromatic carbocycles. The van der Waals surface area contributed by atoms with Gasteiger partial charge in [-0.15, -0.1) is 29.6 Å². The third-order valence-corrected chi connectivity index (χ3v) is 8.80. The van der Waals surface area contributed by atoms with Crippen LogP contribution < -0.4 is 19.6 Å². The van der Waals surface area contributed by atoms with Crippen molar-refractivity contribution in [2.45, 2.75) is 46.1 Å². The van der Waals surface area contributed by atoms with Crippen molar-refractivity contribution in [1.82, 2.24) is 29.5 Å². The number of halogens is 3. The number of rotatable bonds is 10. The summed E-state index contributed by atoms with van der Waals surface area (Å²) < 4.78 is 50.4. The Kier molecular flexibility index (Phi) is 10.9. The molecule has 0 aliphatic heterocycles. The summed E-state index contributed by atoms with van der Waals surface area (Å²) in [6.45, 7) is 8.08. The van der Waals surface area contributed by atoms with Gasteiger partial charge >= 0.3 is 12.5 Å². The number of methoxy groups -OCH3 is 1. The Balaban J connectivity index is 1.41. The van der Waals surface area contributed by atoms with Crippen molar-refractivity contribution in [1.29, 1.82) is 0 Å². The highest BCUT2D eigenvalue weighted by Crippen LogP contribution is 2.29. The lowest BCUT2D eigenvalue weighted by atomic mass is 10.0. The van der Waals surface area contributed by atoms with E-state index in [0.717, 1.165) is 16.9 Å². The lowest BCUT2D eigenvalue weighted by Gasteiger charge is -2.29. The zero-order valence-electron chi connectivity index (χ0n) is 27.7. The van der Waals surface area contributed by atoms with Crippen molar-refractivity contribution in [3.05, 3.63) is 100 Å². The number of nitrogens with one attached hydrogen (secondary N) is 1. The summed E-state index contributed by atoms with van der Waals surface area (Å²) in [7, 11) is 1.62. The molecule has 2 aromatic heterocycles. The van der Waals surface area contributed by atoms with Crippen LogP contribution in [-0.2, 0) is 0 Å². The average Bonchev–Trinajstić information content (AvgIpc) is 3.71. The minimum absolute atomic E-state index is 0.0930. The molecule has 5 rings (SSSR count). The van der Waals surface area contributed by atoms with Gasteiger partial charge in [-0.3, -0.25) is 9.47 Å². The summed E-state index contributed by atoms with van der Waals surface area (Å²) in [6.07, 6.45) is -5.38. The molecule has 5 aromatic rings. The molecule has 0 aliphatic carbocycles. The number of thiocarbonyl (C=S) groups is 1. The monoisotopic (exact) mass is 725 g/mol. The number of amides is 1. The summed E-state index contributed by atoms with van der Waals surface area (Å²) in [4.78, 5) is 23.2. The van der Waals surface area contributed by atoms with Gasteiger partial charge in [-0.25, -0.2) is 14.5 Å². The van der Waals surface area contributed by atoms with Crippen LogP contribution in [0.5, 0.6) is 11.5 Å². The normalized spacial score (nSPS) is 12.5. The van der Waals surface area contributed by atoms with Gasteiger partial charge in [-0.1, -0.05) is 44.2 Å². The van der Waals surface area contributed by atoms with Crippen LogP contribution in [0.2, 0.25) is 0 Å². The van der Waals surface area contributed by atoms with Gasteiger partial charge in [0.2, 0.25) is 0 Å². The maximum absolute atomic E-state index is 12.5. The van der Waals surface area contributed by atoms with Crippen LogP contribution in [0.15, 0.2) is 83.4 Å². The molecule has 1 atom stereocenters. The summed E-state index contributed by atoms with van der Waals surface area (Å²) in [5.41, 5.74) is 4.66. The molecule has 1 amide bonds. The first-order valence-corrected chi connectivity index (χ1v) is 16.6. The number of alkyl halides is 3. The first-order chi connectivity index (χ1) is 23.8. The molecular formula is C34H34F3N7O4S2. The number of aryl methyl sites for hydroxylation is 1. The zero-order chi connectivity index (χ0) is 36.2. The second-order valence-corrected chi connectivity index (χ2v) is 12.5. The highest BCUT2D eigenvalue weighted by Gasteiger charge is 2.31. The van der Waals surface area contributed by atoms with Crippen LogP contribution in [-0.4, -0.2) is 60.6 Å². The fraction of sp³-hybridized carbons (Fsp3) is 0.265. The van der Waals surface area contributed by atoms with Crippen molar-refractivity contribution >= 4 is 34.8 Å². The van der Waals surface area contributed by atoms with E-state index >= 15 is 0 Å². The summed E-state index contributed by atoms with van der Waals surface area (Å²) in [6, 6.07) is 18.1. The Morgan fingerprint density at radius 1 is 1.10 bits per heavy atom. The highest BCUT2D eigenvalue weighted by molar-refractivity contribution is 7.80. The van der Waals surface area contributed by atoms with Gasteiger partial charge in [0.05, 0.1) is 18.5 Å². The lowest BCUT2D eigenvalue weighted by Crippen LogP contribution is -2.43. The SMILES string of the molecule is CCN(C(=O)O)C(NC(=S)N=c1scc(C)n1-c1cc(OC)ccc1C(C)C)c1ccc(-c2ncn(-c3ccc(OC(F)(F)F)cc3)n2)cc1. The number of ether oxygens (including phenoxy) is 2. The summed E-state index contributed by atoms with van der Waals surface area (Å²) in [5.74, 6) is 0.924. The Hall–Kier alpha value is -5.22. The number of benzene rings is 3. The second-order valence-electron chi connectivity index (χ2n) is 11.3. The third kappa shape index (κ3) is 8.31. The number of thiazole rings is 1. The maximum atomic E-state index is 12.5. The first kappa shape index (κ1) is 36.1. The molecule has 50 heavy (non-hydrogen) atoms. The second kappa shape index (κ2) is 15.1. The standard InChI is InChI=1S/C34H34F3N7O4S2/c1-6-42(33(45)46)30(39-31(49)40-32-44(21(4)18-50-32)28-17-26(47-5)15-16-27(28)20(2)3)23-9-7-22(8-10-23)29-38-19-43(41-29)24-11-13-25(14-12-24)48-34(35,36)37/h7-20,30H,6H2,1-5H3,(H,39,49)(H,45,46). The van der Waals surface area contributed by atoms with Crippen molar-refractivity contribution in [3.63, 3.8) is 0 Å². The summed E-state index contributed by atoms with van der Waals surface area (Å²) in [5, 5.41) is 19.7. The summed E-state index contributed by atoms with van der Waals surface area (Å²) >= 11 is 7.10. The first-order valence-electron chi connectivity index (χ1n) is 15.4. The van der Waals surface area contributed by atoms with Crippen molar-refractivity contribution in [2.24, 2.45) is 4.99 Å². The number of aromatic nitrogens is 4. The van der Waals surface area contributed by atoms with Gasteiger partial charge in [-0.2, -0.15) is 4.99 Å². The maximum Gasteiger partial charge on any atom is 0.573 e. The van der Waals surface area contributed by atoms with Gasteiger partial charge < -0.3 is 19.9 Å². The van der Waals surface area contributed by atoms with Crippen molar-refractivity contribution < 1.29 is 32.5 Å². The van der Waals surface area contributed by atoms with Crippen LogP contribution in [0.3, 0.4) is 0 Å². The van der Waals surface area contributed by atoms with E-state index in [0.29, 0.717) is 33.2 Å². The molecule has 0 saturated heterocycles. The van der Waals surface area contributed by atoms with Crippen LogP contribution in [0, 0.1) is 6.92 Å². The molecule has 0 aliphatic rings. The number of hydrogen-bond acceptors (Lipinski definition) is 7. The smallest absolute Gasteiger partial charge is 0.497 e. The van der Waals surface area contributed by atoms with Gasteiger partial charge in [0.1, 0.15) is 24.0 Å². The molecule has 0 bridgehead atoms. The van der Waals surface area contributed by atoms with Crippen LogP contribution in [0.4, 0.5) is 18.0 Å². The van der Waals surface area contributed by atoms with Crippen molar-refractivity contribution in [2.75, 3.05) is 13.7 Å². The molecule has 0 spiro atoms. The molecular weight excluding hydrogens is 692 g/mol. The minimum atomic E-state index is -4.79. The molecule has 2 N–H and O–H groups in total. The Labute approximate surface area is 295 Å². The predicted molar refractivity (Wildman–Crippen MR) is 187 cm³/mol. The Bertz CT molecular complexity index is 2040. The predicted octanol–water partition coefficient (Wildman–Crippen LogP) is 7.60. The van der Waals surface area contributed by atoms with Gasteiger partial charge in [-0.05, 0) is 73.4 Å². The Morgan fingerprint density at radius 2 is 1.78 bits per heavy atom. The minimum Gasteiger partial charge on any atom is -0.497 e. The lowest BCUT2D eigenvalue weighted by molar-refractivity contribution is -0.274. The van der Waals surface area contributed by atoms with Gasteiger partial charge in [0.25, 0.3) is 0 Å². The fourth-order valence-corrected chi connectivity index (χ4v) is 6.37. The molecule has 262 valence electrons. The Morgan fingerprint density at radius 3 is 2.38 bits per heavy atom. The largest absolute Gasteiger partial charge is 0.573 e. The number of carboxylic acid groups (broad SMARTS) is 1. The van der Waals surface area contributed by atoms with Gasteiger partial charge in [0.15, 0.2) is 15.7 Å². The molecule has 2 heterocycles. The molecule has 16 heteroatoms. The molecule has 11 nitrogen and oxygen atoms in total. The number of carbonyl (C=O) groups is 1. The van der Waals surface area contributed by atoms with E-state index in [1.807, 2.05) is 35.1 Å². The number of hydrogen-bond donors (Lipinski definition) is 2. The molecule has 0 radical (unpaired) electrons. The highest BCUT2D eigenvalue weighted by atomic mass is 32.1. The molecule has 0 saturated carbocycles. The van der Waals surface area contributed by atoms with Crippen LogP contribution >= 0.6 is 23.6 Å². The van der Waals surface area contributed by atoms with Crippen LogP contribution in [0.1, 0.15) is 49.7 Å². The molecule has 0 fully saturated rings. The van der Waals surface area contributed by atoms with E-state index in [4.69, 9.17) is 21.9 Å². The van der Waals surface area contributed by atoms with E-state index in [9.17, 15) is 23.1 Å². The fourth-order valence-electron chi connectivity index (χ4n) is 5.24. The third-order valence-electron chi connectivity index (χ3n) is 7.65. The number of nitrogens with zero attached hydrogens (tertiary/aromatic N) is 6. The molecule has 1 unspecified atom stereocenters. The topological polar surface area (TPSA) is 119 Å². The van der Waals surface area contributed by atoms with E-state index in [1.165, 1.54) is 51.5 Å². The van der Waals surface area contributed by atoms with E-state index in [1.54, 1.807) is 38.3 Å². The van der Waals surface area contributed by atoms with E-state index < -0.39 is 18.6 Å². The quantitative estimate of drug-likeness (QED) is 0.112. The zero-order valence-corrected chi connectivity index (χ0v) is 29.3. The van der Waals surface area contributed by atoms with E-state index in [-0.39, 0.29) is 23.3 Å². The van der Waals surface area contributed by atoms with Gasteiger partial charge in [0, 0.05) is 29.2 Å². The van der Waals surface area contributed by atoms with E-state index in [2.05, 4.69) is 34.0 Å². The van der Waals surface area contributed by atoms with Crippen molar-refractivity contribution in [3.8, 4) is 34.3 Å². The van der Waals surface area contributed by atoms with Crippen LogP contribution in [0.25, 0.3) is 22.8 Å².